The van der Waals surface area contributed by atoms with Crippen LogP contribution in [0.25, 0.3) is 0 Å². The second-order valence-corrected chi connectivity index (χ2v) is 8.00. The molecule has 2 rings (SSSR count). The molecule has 0 amide bonds. The Kier molecular flexibility index (Phi) is 11.2. The first kappa shape index (κ1) is 26.9. The van der Waals surface area contributed by atoms with Crippen molar-refractivity contribution in [3.05, 3.63) is 27.7 Å². The molecule has 2 N–H and O–H groups in total. The third kappa shape index (κ3) is 7.80. The number of carboxylic acids is 1. The summed E-state index contributed by atoms with van der Waals surface area (Å²) in [6.45, 7) is -0.445. The van der Waals surface area contributed by atoms with Crippen molar-refractivity contribution in [1.29, 1.82) is 0 Å². The number of halogens is 4. The maximum Gasteiger partial charge on any atom is 1.00 e. The van der Waals surface area contributed by atoms with Crippen LogP contribution in [0.5, 0.6) is 5.75 Å². The number of carbonyl (C=O) groups is 1. The summed E-state index contributed by atoms with van der Waals surface area (Å²) in [5.74, 6) is -5.79. The van der Waals surface area contributed by atoms with Crippen LogP contribution in [0.2, 0.25) is 10.0 Å². The van der Waals surface area contributed by atoms with Crippen molar-refractivity contribution in [2.45, 2.75) is 63.1 Å². The molecule has 1 aromatic rings. The molecule has 29 heavy (non-hydrogen) atoms. The molecule has 1 fully saturated rings. The number of rotatable bonds is 9. The maximum absolute atomic E-state index is 15.2. The number of alkyl halides is 2. The van der Waals surface area contributed by atoms with Gasteiger partial charge in [0.25, 0.3) is 5.92 Å². The van der Waals surface area contributed by atoms with Crippen molar-refractivity contribution < 1.29 is 63.2 Å². The molecule has 1 aliphatic carbocycles. The summed E-state index contributed by atoms with van der Waals surface area (Å²) in [7, 11) is 0. The van der Waals surface area contributed by atoms with Crippen LogP contribution in [-0.4, -0.2) is 35.0 Å². The van der Waals surface area contributed by atoms with Crippen LogP contribution in [0.3, 0.4) is 0 Å². The number of aliphatic hydroxyl groups excluding tert-OH is 2. The molecule has 0 bridgehead atoms. The van der Waals surface area contributed by atoms with Gasteiger partial charge in [0.05, 0.1) is 22.8 Å². The van der Waals surface area contributed by atoms with Gasteiger partial charge in [0.15, 0.2) is 0 Å². The fourth-order valence-corrected chi connectivity index (χ4v) is 4.03. The predicted molar refractivity (Wildman–Crippen MR) is 98.7 cm³/mol. The van der Waals surface area contributed by atoms with E-state index in [2.05, 4.69) is 0 Å². The van der Waals surface area contributed by atoms with E-state index in [0.29, 0.717) is 12.8 Å². The van der Waals surface area contributed by atoms with Crippen molar-refractivity contribution in [3.63, 3.8) is 0 Å². The van der Waals surface area contributed by atoms with Crippen molar-refractivity contribution >= 4 is 29.2 Å². The van der Waals surface area contributed by atoms with Crippen LogP contribution in [0, 0.1) is 5.92 Å². The van der Waals surface area contributed by atoms with Crippen molar-refractivity contribution in [1.82, 2.24) is 0 Å². The molecule has 10 heteroatoms. The molecule has 5 nitrogen and oxygen atoms in total. The minimum atomic E-state index is -3.20. The van der Waals surface area contributed by atoms with Gasteiger partial charge in [-0.05, 0) is 25.0 Å². The Labute approximate surface area is 200 Å². The van der Waals surface area contributed by atoms with Gasteiger partial charge in [0, 0.05) is 29.8 Å². The topological polar surface area (TPSA) is 89.8 Å². The third-order valence-corrected chi connectivity index (χ3v) is 5.35. The first-order valence-electron chi connectivity index (χ1n) is 9.17. The summed E-state index contributed by atoms with van der Waals surface area (Å²) in [6.07, 6.45) is -0.447. The molecule has 0 radical (unpaired) electrons. The Morgan fingerprint density at radius 2 is 1.83 bits per heavy atom. The smallest absolute Gasteiger partial charge is 0.550 e. The Bertz CT molecular complexity index is 687. The van der Waals surface area contributed by atoms with E-state index < -0.39 is 48.6 Å². The number of hydrogen-bond donors (Lipinski definition) is 2. The number of carbonyl (C=O) groups excluding carboxylic acids is 1. The monoisotopic (exact) mass is 462 g/mol. The van der Waals surface area contributed by atoms with Gasteiger partial charge in [-0.15, -0.1) is 0 Å². The minimum Gasteiger partial charge on any atom is -0.550 e. The molecule has 1 aliphatic rings. The molecule has 0 saturated heterocycles. The summed E-state index contributed by atoms with van der Waals surface area (Å²) in [6, 6.07) is 2.39. The SMILES string of the molecule is O=C([O-])C[C@H](O)CC(O)COc1c(Cl)cc(Cl)cc1C(F)(F)C1CCCCC1.[Na+]. The van der Waals surface area contributed by atoms with Gasteiger partial charge < -0.3 is 24.9 Å². The third-order valence-electron chi connectivity index (χ3n) is 4.85. The van der Waals surface area contributed by atoms with Gasteiger partial charge in [-0.3, -0.25) is 0 Å². The van der Waals surface area contributed by atoms with E-state index in [1.54, 1.807) is 0 Å². The Morgan fingerprint density at radius 3 is 2.41 bits per heavy atom. The van der Waals surface area contributed by atoms with Crippen LogP contribution in [-0.2, 0) is 10.7 Å². The van der Waals surface area contributed by atoms with Gasteiger partial charge in [0.1, 0.15) is 12.4 Å². The Hall–Kier alpha value is -0.150. The Balaban J connectivity index is 0.00000420. The summed E-state index contributed by atoms with van der Waals surface area (Å²) in [5.41, 5.74) is -0.431. The summed E-state index contributed by atoms with van der Waals surface area (Å²) >= 11 is 12.0. The van der Waals surface area contributed by atoms with E-state index in [-0.39, 0.29) is 51.8 Å². The van der Waals surface area contributed by atoms with Gasteiger partial charge >= 0.3 is 29.6 Å². The fraction of sp³-hybridized carbons (Fsp3) is 0.632. The standard InChI is InChI=1S/C19H24Cl2F2O5.Na/c20-12-6-15(19(22,23)11-4-2-1-3-5-11)18(16(21)7-12)28-10-14(25)8-13(24)9-17(26)27;/h6-7,11,13-14,24-25H,1-5,8-10H2,(H,26,27);/q;+1/p-1/t13-,14?;/m1./s1. The van der Waals surface area contributed by atoms with Crippen LogP contribution >= 0.6 is 23.2 Å². The minimum absolute atomic E-state index is 0. The zero-order chi connectivity index (χ0) is 20.9. The van der Waals surface area contributed by atoms with Crippen LogP contribution in [0.15, 0.2) is 12.1 Å². The summed E-state index contributed by atoms with van der Waals surface area (Å²) in [4.78, 5) is 10.5. The largest absolute Gasteiger partial charge is 1.00 e. The van der Waals surface area contributed by atoms with Gasteiger partial charge in [-0.1, -0.05) is 42.5 Å². The number of carboxylic acid groups (broad SMARTS) is 1. The molecule has 1 saturated carbocycles. The van der Waals surface area contributed by atoms with Crippen molar-refractivity contribution in [2.75, 3.05) is 6.61 Å². The molecule has 0 aliphatic heterocycles. The second kappa shape index (κ2) is 12.0. The Morgan fingerprint density at radius 1 is 1.21 bits per heavy atom. The van der Waals surface area contributed by atoms with Gasteiger partial charge in [-0.2, -0.15) is 0 Å². The van der Waals surface area contributed by atoms with Crippen molar-refractivity contribution in [3.8, 4) is 5.75 Å². The summed E-state index contributed by atoms with van der Waals surface area (Å²) in [5, 5.41) is 29.9. The maximum atomic E-state index is 15.2. The van der Waals surface area contributed by atoms with Crippen LogP contribution in [0.1, 0.15) is 50.5 Å². The molecule has 1 aromatic carbocycles. The molecule has 0 aromatic heterocycles. The first-order chi connectivity index (χ1) is 13.1. The van der Waals surface area contributed by atoms with E-state index in [1.165, 1.54) is 6.07 Å². The van der Waals surface area contributed by atoms with Crippen LogP contribution in [0.4, 0.5) is 8.78 Å². The molecule has 0 heterocycles. The average molecular weight is 463 g/mol. The molecule has 1 unspecified atom stereocenters. The number of aliphatic carboxylic acids is 1. The molecular formula is C19H23Cl2F2NaO5. The quantitative estimate of drug-likeness (QED) is 0.515. The van der Waals surface area contributed by atoms with Gasteiger partial charge in [-0.25, -0.2) is 8.78 Å². The van der Waals surface area contributed by atoms with Crippen LogP contribution < -0.4 is 39.4 Å². The van der Waals surface area contributed by atoms with E-state index in [4.69, 9.17) is 27.9 Å². The molecule has 158 valence electrons. The summed E-state index contributed by atoms with van der Waals surface area (Å²) < 4.78 is 35.7. The van der Waals surface area contributed by atoms with E-state index in [1.807, 2.05) is 0 Å². The number of aliphatic hydroxyl groups is 2. The zero-order valence-electron chi connectivity index (χ0n) is 16.2. The molecular weight excluding hydrogens is 440 g/mol. The number of ether oxygens (including phenoxy) is 1. The number of hydrogen-bond acceptors (Lipinski definition) is 5. The van der Waals surface area contributed by atoms with Gasteiger partial charge in [0.2, 0.25) is 0 Å². The first-order valence-corrected chi connectivity index (χ1v) is 9.93. The van der Waals surface area contributed by atoms with E-state index >= 15 is 8.78 Å². The predicted octanol–water partition coefficient (Wildman–Crippen LogP) is 0.300. The average Bonchev–Trinajstić information content (AvgIpc) is 2.60. The number of benzene rings is 1. The molecule has 2 atom stereocenters. The second-order valence-electron chi connectivity index (χ2n) is 7.15. The van der Waals surface area contributed by atoms with E-state index in [9.17, 15) is 20.1 Å². The molecule has 0 spiro atoms. The van der Waals surface area contributed by atoms with Crippen molar-refractivity contribution in [2.24, 2.45) is 5.92 Å². The zero-order valence-corrected chi connectivity index (χ0v) is 19.7. The fourth-order valence-electron chi connectivity index (χ4n) is 3.48. The van der Waals surface area contributed by atoms with E-state index in [0.717, 1.165) is 25.3 Å². The normalized spacial score (nSPS) is 17.3.